The molecule has 0 bridgehead atoms. The summed E-state index contributed by atoms with van der Waals surface area (Å²) in [6, 6.07) is 7.45. The van der Waals surface area contributed by atoms with Crippen LogP contribution in [0.5, 0.6) is 0 Å². The first-order chi connectivity index (χ1) is 6.94. The van der Waals surface area contributed by atoms with E-state index in [-0.39, 0.29) is 5.75 Å². The highest BCUT2D eigenvalue weighted by atomic mass is 32.2. The summed E-state index contributed by atoms with van der Waals surface area (Å²) >= 11 is 0. The van der Waals surface area contributed by atoms with E-state index in [1.165, 1.54) is 7.05 Å². The van der Waals surface area contributed by atoms with Crippen LogP contribution in [0.3, 0.4) is 0 Å². The summed E-state index contributed by atoms with van der Waals surface area (Å²) in [6.07, 6.45) is 0. The van der Waals surface area contributed by atoms with E-state index in [0.29, 0.717) is 0 Å². The Morgan fingerprint density at radius 3 is 2.13 bits per heavy atom. The monoisotopic (exact) mass is 228 g/mol. The third kappa shape index (κ3) is 3.53. The molecule has 0 fully saturated rings. The van der Waals surface area contributed by atoms with E-state index in [1.54, 1.807) is 0 Å². The van der Waals surface area contributed by atoms with Crippen LogP contribution in [0.2, 0.25) is 0 Å². The molecule has 1 aromatic carbocycles. The van der Waals surface area contributed by atoms with Crippen LogP contribution in [0.15, 0.2) is 24.3 Å². The highest BCUT2D eigenvalue weighted by molar-refractivity contribution is 7.88. The van der Waals surface area contributed by atoms with Crippen molar-refractivity contribution in [3.63, 3.8) is 0 Å². The Kier molecular flexibility index (Phi) is 3.71. The van der Waals surface area contributed by atoms with E-state index < -0.39 is 10.0 Å². The van der Waals surface area contributed by atoms with Crippen LogP contribution in [0.1, 0.15) is 5.56 Å². The predicted molar refractivity (Wildman–Crippen MR) is 62.5 cm³/mol. The van der Waals surface area contributed by atoms with Gasteiger partial charge < -0.3 is 4.90 Å². The first-order valence-corrected chi connectivity index (χ1v) is 6.27. The first-order valence-electron chi connectivity index (χ1n) is 4.62. The van der Waals surface area contributed by atoms with Crippen LogP contribution < -0.4 is 9.62 Å². The Morgan fingerprint density at radius 1 is 1.20 bits per heavy atom. The summed E-state index contributed by atoms with van der Waals surface area (Å²) in [6.45, 7) is 0. The van der Waals surface area contributed by atoms with Gasteiger partial charge in [0.2, 0.25) is 10.0 Å². The second-order valence-electron chi connectivity index (χ2n) is 3.52. The third-order valence-corrected chi connectivity index (χ3v) is 3.46. The van der Waals surface area contributed by atoms with Gasteiger partial charge in [-0.05, 0) is 24.7 Å². The smallest absolute Gasteiger partial charge is 0.215 e. The molecule has 0 aliphatic rings. The van der Waals surface area contributed by atoms with Crippen LogP contribution in [0, 0.1) is 0 Å². The Bertz CT molecular complexity index is 410. The maximum atomic E-state index is 11.3. The number of nitrogens with one attached hydrogen (secondary N) is 1. The van der Waals surface area contributed by atoms with Gasteiger partial charge in [0, 0.05) is 19.8 Å². The molecule has 0 atom stereocenters. The van der Waals surface area contributed by atoms with E-state index >= 15 is 0 Å². The van der Waals surface area contributed by atoms with Crippen molar-refractivity contribution in [2.75, 3.05) is 26.0 Å². The minimum atomic E-state index is -3.17. The van der Waals surface area contributed by atoms with Gasteiger partial charge in [-0.3, -0.25) is 0 Å². The minimum Gasteiger partial charge on any atom is -0.378 e. The van der Waals surface area contributed by atoms with Crippen molar-refractivity contribution < 1.29 is 8.42 Å². The van der Waals surface area contributed by atoms with E-state index in [2.05, 4.69) is 4.72 Å². The molecule has 1 rings (SSSR count). The van der Waals surface area contributed by atoms with Crippen molar-refractivity contribution in [3.8, 4) is 0 Å². The van der Waals surface area contributed by atoms with Gasteiger partial charge >= 0.3 is 0 Å². The summed E-state index contributed by atoms with van der Waals surface area (Å²) in [5.74, 6) is 0.0250. The molecule has 0 spiro atoms. The second-order valence-corrected chi connectivity index (χ2v) is 5.45. The van der Waals surface area contributed by atoms with Gasteiger partial charge in [0.25, 0.3) is 0 Å². The summed E-state index contributed by atoms with van der Waals surface area (Å²) in [5, 5.41) is 0. The Balaban J connectivity index is 2.82. The quantitative estimate of drug-likeness (QED) is 0.829. The number of hydrogen-bond donors (Lipinski definition) is 1. The lowest BCUT2D eigenvalue weighted by Crippen LogP contribution is -2.20. The molecule has 0 aliphatic carbocycles. The van der Waals surface area contributed by atoms with E-state index in [4.69, 9.17) is 0 Å². The highest BCUT2D eigenvalue weighted by Gasteiger charge is 2.08. The van der Waals surface area contributed by atoms with Crippen LogP contribution in [-0.2, 0) is 15.8 Å². The minimum absolute atomic E-state index is 0.0250. The van der Waals surface area contributed by atoms with Crippen LogP contribution >= 0.6 is 0 Å². The normalized spacial score (nSPS) is 11.4. The number of hydrogen-bond acceptors (Lipinski definition) is 3. The van der Waals surface area contributed by atoms with Gasteiger partial charge in [-0.2, -0.15) is 0 Å². The zero-order valence-corrected chi connectivity index (χ0v) is 10.0. The molecule has 15 heavy (non-hydrogen) atoms. The fourth-order valence-electron chi connectivity index (χ4n) is 1.18. The fraction of sp³-hybridized carbons (Fsp3) is 0.400. The third-order valence-electron chi connectivity index (χ3n) is 2.12. The SMILES string of the molecule is CNS(=O)(=O)Cc1ccc(N(C)C)cc1. The summed E-state index contributed by atoms with van der Waals surface area (Å²) < 4.78 is 24.8. The molecule has 0 aromatic heterocycles. The molecule has 0 amide bonds. The second kappa shape index (κ2) is 4.63. The van der Waals surface area contributed by atoms with E-state index in [9.17, 15) is 8.42 Å². The lowest BCUT2D eigenvalue weighted by atomic mass is 10.2. The van der Waals surface area contributed by atoms with Crippen molar-refractivity contribution in [1.29, 1.82) is 0 Å². The molecule has 5 heteroatoms. The Hall–Kier alpha value is -1.07. The fourth-order valence-corrected chi connectivity index (χ4v) is 1.96. The van der Waals surface area contributed by atoms with Crippen molar-refractivity contribution in [1.82, 2.24) is 4.72 Å². The lowest BCUT2D eigenvalue weighted by molar-refractivity contribution is 0.587. The van der Waals surface area contributed by atoms with E-state index in [0.717, 1.165) is 11.3 Å². The van der Waals surface area contributed by atoms with Crippen molar-refractivity contribution in [2.24, 2.45) is 0 Å². The van der Waals surface area contributed by atoms with Gasteiger partial charge in [0.05, 0.1) is 5.75 Å². The topological polar surface area (TPSA) is 49.4 Å². The van der Waals surface area contributed by atoms with Gasteiger partial charge in [-0.1, -0.05) is 12.1 Å². The average molecular weight is 228 g/mol. The molecule has 0 aliphatic heterocycles. The Labute approximate surface area is 91.0 Å². The molecule has 0 heterocycles. The molecule has 0 radical (unpaired) electrons. The van der Waals surface area contributed by atoms with E-state index in [1.807, 2.05) is 43.3 Å². The maximum absolute atomic E-state index is 11.3. The molecular weight excluding hydrogens is 212 g/mol. The molecule has 1 N–H and O–H groups in total. The largest absolute Gasteiger partial charge is 0.378 e. The zero-order chi connectivity index (χ0) is 11.5. The Morgan fingerprint density at radius 2 is 1.73 bits per heavy atom. The van der Waals surface area contributed by atoms with Gasteiger partial charge in [0.1, 0.15) is 0 Å². The van der Waals surface area contributed by atoms with Crippen LogP contribution in [0.4, 0.5) is 5.69 Å². The van der Waals surface area contributed by atoms with Gasteiger partial charge in [-0.25, -0.2) is 13.1 Å². The average Bonchev–Trinajstić information content (AvgIpc) is 2.18. The molecule has 4 nitrogen and oxygen atoms in total. The molecule has 0 unspecified atom stereocenters. The first kappa shape index (κ1) is 12.0. The number of nitrogens with zero attached hydrogens (tertiary/aromatic N) is 1. The van der Waals surface area contributed by atoms with Gasteiger partial charge in [-0.15, -0.1) is 0 Å². The molecule has 84 valence electrons. The molecule has 0 saturated carbocycles. The standard InChI is InChI=1S/C10H16N2O2S/c1-11-15(13,14)8-9-4-6-10(7-5-9)12(2)3/h4-7,11H,8H2,1-3H3. The number of benzene rings is 1. The molecule has 0 saturated heterocycles. The van der Waals surface area contributed by atoms with Crippen LogP contribution in [0.25, 0.3) is 0 Å². The van der Waals surface area contributed by atoms with Gasteiger partial charge in [0.15, 0.2) is 0 Å². The molecule has 1 aromatic rings. The number of anilines is 1. The summed E-state index contributed by atoms with van der Waals surface area (Å²) in [5.41, 5.74) is 1.84. The number of sulfonamides is 1. The molecular formula is C10H16N2O2S. The summed E-state index contributed by atoms with van der Waals surface area (Å²) in [7, 11) is 2.14. The van der Waals surface area contributed by atoms with Crippen LogP contribution in [-0.4, -0.2) is 29.6 Å². The zero-order valence-electron chi connectivity index (χ0n) is 9.19. The van der Waals surface area contributed by atoms with Crippen molar-refractivity contribution in [2.45, 2.75) is 5.75 Å². The summed E-state index contributed by atoms with van der Waals surface area (Å²) in [4.78, 5) is 1.97. The van der Waals surface area contributed by atoms with Crippen molar-refractivity contribution in [3.05, 3.63) is 29.8 Å². The predicted octanol–water partition coefficient (Wildman–Crippen LogP) is 0.802. The van der Waals surface area contributed by atoms with Crippen molar-refractivity contribution >= 4 is 15.7 Å². The number of rotatable bonds is 4. The lowest BCUT2D eigenvalue weighted by Gasteiger charge is -2.12. The maximum Gasteiger partial charge on any atom is 0.215 e. The highest BCUT2D eigenvalue weighted by Crippen LogP contribution is 2.13.